The van der Waals surface area contributed by atoms with E-state index in [9.17, 15) is 35.9 Å². The minimum Gasteiger partial charge on any atom is -0.475 e. The molecule has 37 heavy (non-hydrogen) atoms. The third-order valence-corrected chi connectivity index (χ3v) is 5.03. The number of nitrogens with one attached hydrogen (secondary N) is 3. The Morgan fingerprint density at radius 2 is 1.86 bits per heavy atom. The molecule has 0 aliphatic carbocycles. The molecule has 1 heterocycles. The summed E-state index contributed by atoms with van der Waals surface area (Å²) < 4.78 is 93.7. The van der Waals surface area contributed by atoms with E-state index in [4.69, 9.17) is 20.6 Å². The molecule has 0 saturated heterocycles. The molecule has 0 saturated carbocycles. The van der Waals surface area contributed by atoms with Crippen LogP contribution in [0.3, 0.4) is 0 Å². The van der Waals surface area contributed by atoms with Gasteiger partial charge in [-0.05, 0) is 50.0 Å². The van der Waals surface area contributed by atoms with Gasteiger partial charge in [-0.3, -0.25) is 10.2 Å². The first kappa shape index (κ1) is 29.6. The van der Waals surface area contributed by atoms with Gasteiger partial charge in [-0.1, -0.05) is 6.92 Å². The number of alkyl halides is 6. The van der Waals surface area contributed by atoms with E-state index in [-0.39, 0.29) is 55.3 Å². The number of hydrogen-bond donors (Lipinski definition) is 4. The number of halogens is 6. The standard InChI is InChI=1S/C22H26F6N4O5/c1-3-11-8-13(37-22(26,27)28)9-12-10-14(17(21(23,24)25)36-16(11)12)18(33)32-15(19(34)35-4-2)6-5-7-31-20(29)30/h8-10,15,17H,3-7H2,1-2H3,(H,32,33)(H4,29,30,31)/t15-,17-/m0/s1. The normalized spacial score (nSPS) is 16.0. The Balaban J connectivity index is 2.43. The zero-order chi connectivity index (χ0) is 28.0. The number of ether oxygens (including phenoxy) is 3. The lowest BCUT2D eigenvalue weighted by Gasteiger charge is -2.30. The molecule has 2 atom stereocenters. The van der Waals surface area contributed by atoms with Crippen molar-refractivity contribution in [3.8, 4) is 11.5 Å². The van der Waals surface area contributed by atoms with Crippen molar-refractivity contribution in [3.05, 3.63) is 28.8 Å². The lowest BCUT2D eigenvalue weighted by atomic mass is 9.96. The minimum absolute atomic E-state index is 0.00378. The summed E-state index contributed by atoms with van der Waals surface area (Å²) in [7, 11) is 0. The molecule has 2 rings (SSSR count). The van der Waals surface area contributed by atoms with E-state index in [1.165, 1.54) is 13.8 Å². The van der Waals surface area contributed by atoms with E-state index in [1.54, 1.807) is 0 Å². The first-order valence-corrected chi connectivity index (χ1v) is 11.1. The summed E-state index contributed by atoms with van der Waals surface area (Å²) in [5.41, 5.74) is 3.97. The molecule has 0 fully saturated rings. The van der Waals surface area contributed by atoms with Gasteiger partial charge in [0, 0.05) is 12.1 Å². The van der Waals surface area contributed by atoms with Crippen LogP contribution in [0.1, 0.15) is 37.8 Å². The molecule has 0 unspecified atom stereocenters. The summed E-state index contributed by atoms with van der Waals surface area (Å²) in [4.78, 5) is 25.3. The lowest BCUT2D eigenvalue weighted by molar-refractivity contribution is -0.274. The molecular formula is C22H26F6N4O5. The van der Waals surface area contributed by atoms with Crippen molar-refractivity contribution in [2.24, 2.45) is 5.73 Å². The Morgan fingerprint density at radius 1 is 1.19 bits per heavy atom. The van der Waals surface area contributed by atoms with Crippen molar-refractivity contribution in [1.82, 2.24) is 10.6 Å². The van der Waals surface area contributed by atoms with Gasteiger partial charge < -0.3 is 30.6 Å². The molecule has 0 aromatic heterocycles. The smallest absolute Gasteiger partial charge is 0.475 e. The maximum absolute atomic E-state index is 13.9. The van der Waals surface area contributed by atoms with Gasteiger partial charge in [0.05, 0.1) is 12.2 Å². The highest BCUT2D eigenvalue weighted by Gasteiger charge is 2.49. The molecule has 5 N–H and O–H groups in total. The molecule has 1 aliphatic rings. The van der Waals surface area contributed by atoms with Crippen LogP contribution in [0.2, 0.25) is 0 Å². The first-order chi connectivity index (χ1) is 17.2. The Labute approximate surface area is 207 Å². The van der Waals surface area contributed by atoms with Gasteiger partial charge in [-0.25, -0.2) is 4.79 Å². The molecular weight excluding hydrogens is 514 g/mol. The van der Waals surface area contributed by atoms with Crippen molar-refractivity contribution in [2.45, 2.75) is 57.8 Å². The van der Waals surface area contributed by atoms with Crippen LogP contribution in [0, 0.1) is 5.41 Å². The van der Waals surface area contributed by atoms with Crippen LogP contribution in [0.15, 0.2) is 17.7 Å². The zero-order valence-corrected chi connectivity index (χ0v) is 19.8. The maximum atomic E-state index is 13.9. The van der Waals surface area contributed by atoms with Crippen LogP contribution in [0.4, 0.5) is 26.3 Å². The van der Waals surface area contributed by atoms with Gasteiger partial charge in [-0.15, -0.1) is 13.2 Å². The Bertz CT molecular complexity index is 1040. The predicted octanol–water partition coefficient (Wildman–Crippen LogP) is 3.17. The Morgan fingerprint density at radius 3 is 2.41 bits per heavy atom. The second-order valence-corrected chi connectivity index (χ2v) is 7.80. The summed E-state index contributed by atoms with van der Waals surface area (Å²) in [6.07, 6.45) is -12.0. The van der Waals surface area contributed by atoms with Crippen LogP contribution in [-0.2, 0) is 20.7 Å². The highest BCUT2D eigenvalue weighted by molar-refractivity contribution is 6.02. The minimum atomic E-state index is -5.07. The number of carbonyl (C=O) groups excluding carboxylic acids is 2. The monoisotopic (exact) mass is 540 g/mol. The number of guanidine groups is 1. The Hall–Kier alpha value is -3.65. The summed E-state index contributed by atoms with van der Waals surface area (Å²) in [6, 6.07) is 0.353. The highest BCUT2D eigenvalue weighted by atomic mass is 19.4. The maximum Gasteiger partial charge on any atom is 0.573 e. The fraction of sp³-hybridized carbons (Fsp3) is 0.500. The van der Waals surface area contributed by atoms with E-state index in [0.29, 0.717) is 0 Å². The number of amides is 1. The largest absolute Gasteiger partial charge is 0.573 e. The summed E-state index contributed by atoms with van der Waals surface area (Å²) in [6.45, 7) is 3.06. The van der Waals surface area contributed by atoms with Crippen molar-refractivity contribution in [1.29, 1.82) is 5.41 Å². The summed E-state index contributed by atoms with van der Waals surface area (Å²) >= 11 is 0. The zero-order valence-electron chi connectivity index (χ0n) is 19.8. The van der Waals surface area contributed by atoms with E-state index in [2.05, 4.69) is 15.4 Å². The first-order valence-electron chi connectivity index (χ1n) is 11.1. The van der Waals surface area contributed by atoms with Crippen LogP contribution in [-0.4, -0.2) is 55.7 Å². The van der Waals surface area contributed by atoms with Crippen molar-refractivity contribution < 1.29 is 50.1 Å². The third-order valence-electron chi connectivity index (χ3n) is 5.03. The number of benzene rings is 1. The predicted molar refractivity (Wildman–Crippen MR) is 119 cm³/mol. The van der Waals surface area contributed by atoms with Crippen molar-refractivity contribution >= 4 is 23.9 Å². The molecule has 0 radical (unpaired) electrons. The summed E-state index contributed by atoms with van der Waals surface area (Å²) in [5, 5.41) is 11.8. The van der Waals surface area contributed by atoms with Gasteiger partial charge in [-0.2, -0.15) is 13.2 Å². The molecule has 0 spiro atoms. The molecule has 15 heteroatoms. The van der Waals surface area contributed by atoms with E-state index in [0.717, 1.165) is 18.2 Å². The number of carbonyl (C=O) groups is 2. The highest BCUT2D eigenvalue weighted by Crippen LogP contribution is 2.42. The van der Waals surface area contributed by atoms with Crippen LogP contribution in [0.25, 0.3) is 6.08 Å². The van der Waals surface area contributed by atoms with E-state index in [1.807, 2.05) is 0 Å². The number of rotatable bonds is 10. The van der Waals surface area contributed by atoms with E-state index < -0.39 is 47.9 Å². The number of hydrogen-bond acceptors (Lipinski definition) is 6. The fourth-order valence-electron chi connectivity index (χ4n) is 3.50. The van der Waals surface area contributed by atoms with Crippen LogP contribution >= 0.6 is 0 Å². The second kappa shape index (κ2) is 12.1. The number of nitrogens with two attached hydrogens (primary N) is 1. The van der Waals surface area contributed by atoms with Gasteiger partial charge in [0.1, 0.15) is 17.5 Å². The fourth-order valence-corrected chi connectivity index (χ4v) is 3.50. The van der Waals surface area contributed by atoms with Crippen LogP contribution in [0.5, 0.6) is 11.5 Å². The van der Waals surface area contributed by atoms with Gasteiger partial charge in [0.15, 0.2) is 5.96 Å². The molecule has 9 nitrogen and oxygen atoms in total. The van der Waals surface area contributed by atoms with Gasteiger partial charge >= 0.3 is 18.5 Å². The van der Waals surface area contributed by atoms with Gasteiger partial charge in [0.2, 0.25) is 6.10 Å². The molecule has 1 aromatic carbocycles. The van der Waals surface area contributed by atoms with Crippen LogP contribution < -0.4 is 25.8 Å². The topological polar surface area (TPSA) is 136 Å². The molecule has 1 amide bonds. The van der Waals surface area contributed by atoms with Crippen molar-refractivity contribution in [3.63, 3.8) is 0 Å². The molecule has 206 valence electrons. The second-order valence-electron chi connectivity index (χ2n) is 7.80. The Kier molecular flexibility index (Phi) is 9.64. The van der Waals surface area contributed by atoms with E-state index >= 15 is 0 Å². The van der Waals surface area contributed by atoms with Gasteiger partial charge in [0.25, 0.3) is 5.91 Å². The third kappa shape index (κ3) is 8.46. The quantitative estimate of drug-likeness (QED) is 0.118. The van der Waals surface area contributed by atoms with Crippen molar-refractivity contribution in [2.75, 3.05) is 13.2 Å². The molecule has 0 bridgehead atoms. The molecule has 1 aliphatic heterocycles. The number of esters is 1. The average Bonchev–Trinajstić information content (AvgIpc) is 2.77. The average molecular weight is 540 g/mol. The summed E-state index contributed by atoms with van der Waals surface area (Å²) in [5.74, 6) is -3.61. The molecule has 1 aromatic rings. The number of fused-ring (bicyclic) bond motifs is 1. The number of aryl methyl sites for hydroxylation is 1. The lowest BCUT2D eigenvalue weighted by Crippen LogP contribution is -2.48. The SMILES string of the molecule is CCOC(=O)[C@H](CCCNC(=N)N)NC(=O)C1=Cc2cc(OC(F)(F)F)cc(CC)c2O[C@@H]1C(F)(F)F.